The summed E-state index contributed by atoms with van der Waals surface area (Å²) in [5, 5.41) is 5.04. The van der Waals surface area contributed by atoms with Gasteiger partial charge in [0.1, 0.15) is 0 Å². The van der Waals surface area contributed by atoms with Crippen molar-refractivity contribution >= 4 is 23.2 Å². The average Bonchev–Trinajstić information content (AvgIpc) is 3.17. The Morgan fingerprint density at radius 1 is 1.32 bits per heavy atom. The van der Waals surface area contributed by atoms with Crippen LogP contribution in [0.15, 0.2) is 18.2 Å². The smallest absolute Gasteiger partial charge is 0.0624 e. The number of hydrogen-bond acceptors (Lipinski definition) is 1. The molecule has 0 spiro atoms. The van der Waals surface area contributed by atoms with Gasteiger partial charge < -0.3 is 5.32 Å². The summed E-state index contributed by atoms with van der Waals surface area (Å²) in [4.78, 5) is 0. The van der Waals surface area contributed by atoms with E-state index >= 15 is 0 Å². The van der Waals surface area contributed by atoms with Gasteiger partial charge in [-0.2, -0.15) is 0 Å². The lowest BCUT2D eigenvalue weighted by Gasteiger charge is -2.30. The molecule has 0 saturated heterocycles. The van der Waals surface area contributed by atoms with Gasteiger partial charge in [0, 0.05) is 12.6 Å². The Labute approximate surface area is 126 Å². The highest BCUT2D eigenvalue weighted by molar-refractivity contribution is 6.42. The maximum atomic E-state index is 6.32. The predicted molar refractivity (Wildman–Crippen MR) is 84.2 cm³/mol. The van der Waals surface area contributed by atoms with Gasteiger partial charge in [0.2, 0.25) is 0 Å². The molecule has 1 N–H and O–H groups in total. The molecular formula is C16H23Cl2N. The minimum Gasteiger partial charge on any atom is -0.313 e. The molecule has 1 aromatic carbocycles. The molecule has 19 heavy (non-hydrogen) atoms. The summed E-state index contributed by atoms with van der Waals surface area (Å²) in [6, 6.07) is 6.70. The number of hydrogen-bond donors (Lipinski definition) is 1. The maximum absolute atomic E-state index is 6.32. The highest BCUT2D eigenvalue weighted by Gasteiger charge is 2.29. The first-order chi connectivity index (χ1) is 9.04. The summed E-state index contributed by atoms with van der Waals surface area (Å²) in [5.41, 5.74) is 1.42. The number of benzene rings is 1. The molecule has 0 aliphatic heterocycles. The zero-order chi connectivity index (χ0) is 13.9. The van der Waals surface area contributed by atoms with Gasteiger partial charge in [-0.1, -0.05) is 55.6 Å². The molecule has 2 rings (SSSR count). The third-order valence-corrected chi connectivity index (χ3v) is 4.76. The van der Waals surface area contributed by atoms with Gasteiger partial charge in [-0.15, -0.1) is 0 Å². The van der Waals surface area contributed by atoms with Crippen molar-refractivity contribution in [3.05, 3.63) is 33.8 Å². The van der Waals surface area contributed by atoms with Crippen molar-refractivity contribution in [3.8, 4) is 0 Å². The van der Waals surface area contributed by atoms with Crippen LogP contribution in [-0.4, -0.2) is 12.6 Å². The average molecular weight is 300 g/mol. The molecule has 1 fully saturated rings. The summed E-state index contributed by atoms with van der Waals surface area (Å²) < 4.78 is 0. The van der Waals surface area contributed by atoms with E-state index in [-0.39, 0.29) is 5.41 Å². The lowest BCUT2D eigenvalue weighted by molar-refractivity contribution is 0.274. The molecule has 1 aliphatic rings. The van der Waals surface area contributed by atoms with E-state index in [2.05, 4.69) is 25.2 Å². The fourth-order valence-corrected chi connectivity index (χ4v) is 3.05. The van der Waals surface area contributed by atoms with Crippen molar-refractivity contribution in [2.75, 3.05) is 6.54 Å². The zero-order valence-electron chi connectivity index (χ0n) is 11.8. The summed E-state index contributed by atoms with van der Waals surface area (Å²) in [5.74, 6) is 0. The van der Waals surface area contributed by atoms with Crippen LogP contribution < -0.4 is 5.32 Å². The van der Waals surface area contributed by atoms with E-state index in [0.717, 1.165) is 24.0 Å². The minimum atomic E-state index is 0.256. The summed E-state index contributed by atoms with van der Waals surface area (Å²) >= 11 is 12.4. The van der Waals surface area contributed by atoms with Gasteiger partial charge in [-0.3, -0.25) is 0 Å². The van der Waals surface area contributed by atoms with Gasteiger partial charge in [-0.05, 0) is 42.7 Å². The van der Waals surface area contributed by atoms with Gasteiger partial charge in [0.25, 0.3) is 0 Å². The molecule has 106 valence electrons. The van der Waals surface area contributed by atoms with Crippen LogP contribution >= 0.6 is 23.2 Å². The molecule has 1 aromatic rings. The van der Waals surface area contributed by atoms with Crippen LogP contribution in [0, 0.1) is 5.41 Å². The normalized spacial score (nSPS) is 18.3. The lowest BCUT2D eigenvalue weighted by atomic mass is 9.79. The quantitative estimate of drug-likeness (QED) is 0.739. The number of nitrogens with one attached hydrogen (secondary N) is 1. The van der Waals surface area contributed by atoms with Crippen LogP contribution in [0.3, 0.4) is 0 Å². The topological polar surface area (TPSA) is 12.0 Å². The largest absolute Gasteiger partial charge is 0.313 e. The Hall–Kier alpha value is -0.240. The Bertz CT molecular complexity index is 429. The van der Waals surface area contributed by atoms with Crippen molar-refractivity contribution in [2.24, 2.45) is 5.41 Å². The predicted octanol–water partition coefficient (Wildman–Crippen LogP) is 5.09. The molecule has 1 aliphatic carbocycles. The first-order valence-corrected chi connectivity index (χ1v) is 7.96. The van der Waals surface area contributed by atoms with Gasteiger partial charge in [0.15, 0.2) is 0 Å². The summed E-state index contributed by atoms with van der Waals surface area (Å²) in [7, 11) is 0. The van der Waals surface area contributed by atoms with E-state index in [1.54, 1.807) is 0 Å². The Morgan fingerprint density at radius 3 is 2.68 bits per heavy atom. The van der Waals surface area contributed by atoms with E-state index in [4.69, 9.17) is 23.2 Å². The molecule has 1 atom stereocenters. The zero-order valence-corrected chi connectivity index (χ0v) is 13.3. The lowest BCUT2D eigenvalue weighted by Crippen LogP contribution is -2.35. The number of rotatable bonds is 7. The fourth-order valence-electron chi connectivity index (χ4n) is 2.67. The first kappa shape index (κ1) is 15.2. The molecule has 1 saturated carbocycles. The Kier molecular flexibility index (Phi) is 5.16. The summed E-state index contributed by atoms with van der Waals surface area (Å²) in [6.45, 7) is 5.66. The number of halogens is 2. The molecule has 0 aromatic heterocycles. The SMILES string of the molecule is CCCC(C)(CNC1CC1)Cc1cccc(Cl)c1Cl. The van der Waals surface area contributed by atoms with E-state index in [1.165, 1.54) is 31.2 Å². The van der Waals surface area contributed by atoms with Crippen molar-refractivity contribution in [1.82, 2.24) is 5.32 Å². The van der Waals surface area contributed by atoms with E-state index in [1.807, 2.05) is 12.1 Å². The van der Waals surface area contributed by atoms with E-state index in [9.17, 15) is 0 Å². The Balaban J connectivity index is 2.07. The molecule has 1 nitrogen and oxygen atoms in total. The second-order valence-electron chi connectivity index (χ2n) is 6.11. The molecule has 0 heterocycles. The summed E-state index contributed by atoms with van der Waals surface area (Å²) in [6.07, 6.45) is 6.05. The van der Waals surface area contributed by atoms with Crippen molar-refractivity contribution in [1.29, 1.82) is 0 Å². The molecule has 0 bridgehead atoms. The van der Waals surface area contributed by atoms with Crippen LogP contribution in [0.1, 0.15) is 45.1 Å². The van der Waals surface area contributed by atoms with Crippen LogP contribution in [-0.2, 0) is 6.42 Å². The maximum Gasteiger partial charge on any atom is 0.0624 e. The molecule has 0 radical (unpaired) electrons. The fraction of sp³-hybridized carbons (Fsp3) is 0.625. The minimum absolute atomic E-state index is 0.256. The van der Waals surface area contributed by atoms with Gasteiger partial charge >= 0.3 is 0 Å². The van der Waals surface area contributed by atoms with E-state index in [0.29, 0.717) is 5.02 Å². The first-order valence-electron chi connectivity index (χ1n) is 7.20. The molecule has 1 unspecified atom stereocenters. The van der Waals surface area contributed by atoms with Gasteiger partial charge in [-0.25, -0.2) is 0 Å². The third-order valence-electron chi connectivity index (χ3n) is 3.90. The van der Waals surface area contributed by atoms with E-state index < -0.39 is 0 Å². The standard InChI is InChI=1S/C16H23Cl2N/c1-3-9-16(2,11-19-13-7-8-13)10-12-5-4-6-14(17)15(12)18/h4-6,13,19H,3,7-11H2,1-2H3. The highest BCUT2D eigenvalue weighted by atomic mass is 35.5. The second-order valence-corrected chi connectivity index (χ2v) is 6.89. The third kappa shape index (κ3) is 4.37. The second kappa shape index (κ2) is 6.47. The Morgan fingerprint density at radius 2 is 2.05 bits per heavy atom. The van der Waals surface area contributed by atoms with Crippen molar-refractivity contribution in [2.45, 2.75) is 52.0 Å². The van der Waals surface area contributed by atoms with Crippen LogP contribution in [0.4, 0.5) is 0 Å². The monoisotopic (exact) mass is 299 g/mol. The van der Waals surface area contributed by atoms with Crippen molar-refractivity contribution < 1.29 is 0 Å². The highest BCUT2D eigenvalue weighted by Crippen LogP contribution is 2.34. The van der Waals surface area contributed by atoms with Crippen LogP contribution in [0.5, 0.6) is 0 Å². The van der Waals surface area contributed by atoms with Crippen LogP contribution in [0.2, 0.25) is 10.0 Å². The van der Waals surface area contributed by atoms with Gasteiger partial charge in [0.05, 0.1) is 10.0 Å². The molecular weight excluding hydrogens is 277 g/mol. The van der Waals surface area contributed by atoms with Crippen LogP contribution in [0.25, 0.3) is 0 Å². The molecule has 3 heteroatoms. The molecule has 0 amide bonds. The van der Waals surface area contributed by atoms with Crippen molar-refractivity contribution in [3.63, 3.8) is 0 Å².